The molecule has 0 aliphatic heterocycles. The van der Waals surface area contributed by atoms with Gasteiger partial charge in [0.15, 0.2) is 0 Å². The molecule has 0 aliphatic carbocycles. The van der Waals surface area contributed by atoms with Gasteiger partial charge in [0.1, 0.15) is 5.75 Å². The van der Waals surface area contributed by atoms with Gasteiger partial charge in [-0.05, 0) is 31.2 Å². The minimum atomic E-state index is -0.413. The highest BCUT2D eigenvalue weighted by molar-refractivity contribution is 6.30. The summed E-state index contributed by atoms with van der Waals surface area (Å²) in [5, 5.41) is 14.6. The van der Waals surface area contributed by atoms with Crippen molar-refractivity contribution >= 4 is 23.0 Å². The summed E-state index contributed by atoms with van der Waals surface area (Å²) >= 11 is 5.90. The molecule has 0 fully saturated rings. The van der Waals surface area contributed by atoms with E-state index in [4.69, 9.17) is 16.3 Å². The zero-order valence-electron chi connectivity index (χ0n) is 11.5. The molecule has 110 valence electrons. The van der Waals surface area contributed by atoms with Crippen LogP contribution in [0.4, 0.5) is 11.4 Å². The van der Waals surface area contributed by atoms with Crippen molar-refractivity contribution in [3.63, 3.8) is 0 Å². The van der Waals surface area contributed by atoms with Gasteiger partial charge in [-0.2, -0.15) is 0 Å². The number of ether oxygens (including phenoxy) is 1. The van der Waals surface area contributed by atoms with E-state index in [1.165, 1.54) is 12.1 Å². The van der Waals surface area contributed by atoms with E-state index in [0.29, 0.717) is 23.7 Å². The van der Waals surface area contributed by atoms with Gasteiger partial charge in [-0.25, -0.2) is 0 Å². The lowest BCUT2D eigenvalue weighted by Gasteiger charge is -2.09. The van der Waals surface area contributed by atoms with Crippen LogP contribution in [0.5, 0.6) is 5.75 Å². The zero-order chi connectivity index (χ0) is 15.2. The first-order valence-electron chi connectivity index (χ1n) is 6.49. The van der Waals surface area contributed by atoms with E-state index in [2.05, 4.69) is 5.32 Å². The summed E-state index contributed by atoms with van der Waals surface area (Å²) in [6.07, 6.45) is 0. The molecule has 0 spiro atoms. The average Bonchev–Trinajstić information content (AvgIpc) is 2.45. The molecule has 0 unspecified atom stereocenters. The molecule has 1 N–H and O–H groups in total. The van der Waals surface area contributed by atoms with Crippen LogP contribution in [0, 0.1) is 10.1 Å². The number of nitro benzene ring substituents is 1. The van der Waals surface area contributed by atoms with Crippen LogP contribution in [0.15, 0.2) is 42.5 Å². The van der Waals surface area contributed by atoms with Crippen molar-refractivity contribution in [2.24, 2.45) is 0 Å². The van der Waals surface area contributed by atoms with Crippen molar-refractivity contribution in [3.8, 4) is 5.75 Å². The quantitative estimate of drug-likeness (QED) is 0.640. The van der Waals surface area contributed by atoms with Crippen LogP contribution in [0.3, 0.4) is 0 Å². The van der Waals surface area contributed by atoms with Crippen LogP contribution in [0.2, 0.25) is 5.02 Å². The number of anilines is 1. The molecule has 6 heteroatoms. The lowest BCUT2D eigenvalue weighted by molar-refractivity contribution is -0.385. The van der Waals surface area contributed by atoms with Gasteiger partial charge in [0.2, 0.25) is 0 Å². The summed E-state index contributed by atoms with van der Waals surface area (Å²) in [5.41, 5.74) is 1.41. The molecule has 2 aromatic carbocycles. The number of nitrogens with zero attached hydrogens (tertiary/aromatic N) is 1. The maximum absolute atomic E-state index is 11.0. The fourth-order valence-electron chi connectivity index (χ4n) is 1.93. The molecule has 21 heavy (non-hydrogen) atoms. The zero-order valence-corrected chi connectivity index (χ0v) is 12.3. The molecule has 5 nitrogen and oxygen atoms in total. The Morgan fingerprint density at radius 1 is 1.29 bits per heavy atom. The molecule has 0 heterocycles. The number of nitro groups is 1. The lowest BCUT2D eigenvalue weighted by atomic mass is 10.1. The second-order valence-corrected chi connectivity index (χ2v) is 4.78. The maximum atomic E-state index is 11.0. The number of hydrogen-bond acceptors (Lipinski definition) is 4. The Balaban J connectivity index is 2.14. The van der Waals surface area contributed by atoms with Crippen molar-refractivity contribution in [1.29, 1.82) is 0 Å². The topological polar surface area (TPSA) is 64.4 Å². The smallest absolute Gasteiger partial charge is 0.274 e. The Labute approximate surface area is 127 Å². The highest BCUT2D eigenvalue weighted by Gasteiger charge is 2.13. The second kappa shape index (κ2) is 6.95. The Morgan fingerprint density at radius 2 is 2.10 bits per heavy atom. The van der Waals surface area contributed by atoms with Crippen LogP contribution in [-0.2, 0) is 6.54 Å². The maximum Gasteiger partial charge on any atom is 0.274 e. The molecule has 2 aromatic rings. The normalized spacial score (nSPS) is 10.2. The van der Waals surface area contributed by atoms with Crippen molar-refractivity contribution in [2.45, 2.75) is 13.5 Å². The summed E-state index contributed by atoms with van der Waals surface area (Å²) in [7, 11) is 0. The van der Waals surface area contributed by atoms with Crippen LogP contribution in [0.1, 0.15) is 12.5 Å². The molecule has 0 atom stereocenters. The van der Waals surface area contributed by atoms with Gasteiger partial charge < -0.3 is 10.1 Å². The van der Waals surface area contributed by atoms with Gasteiger partial charge in [0, 0.05) is 29.4 Å². The monoisotopic (exact) mass is 306 g/mol. The van der Waals surface area contributed by atoms with Gasteiger partial charge in [-0.1, -0.05) is 17.7 Å². The standard InChI is InChI=1S/C15H15ClN2O3/c1-2-21-14-5-3-4-13(9-14)17-10-11-8-12(16)6-7-15(11)18(19)20/h3-9,17H,2,10H2,1H3. The molecule has 0 amide bonds. The van der Waals surface area contributed by atoms with E-state index < -0.39 is 4.92 Å². The van der Waals surface area contributed by atoms with E-state index in [1.807, 2.05) is 31.2 Å². The molecule has 0 aliphatic rings. The van der Waals surface area contributed by atoms with E-state index in [1.54, 1.807) is 6.07 Å². The van der Waals surface area contributed by atoms with Crippen LogP contribution in [-0.4, -0.2) is 11.5 Å². The molecule has 0 saturated carbocycles. The summed E-state index contributed by atoms with van der Waals surface area (Å²) in [6.45, 7) is 2.81. The van der Waals surface area contributed by atoms with Crippen molar-refractivity contribution < 1.29 is 9.66 Å². The molecule has 2 rings (SSSR count). The molecular weight excluding hydrogens is 292 g/mol. The first kappa shape index (κ1) is 15.1. The summed E-state index contributed by atoms with van der Waals surface area (Å²) in [5.74, 6) is 0.753. The predicted molar refractivity (Wildman–Crippen MR) is 83.0 cm³/mol. The third-order valence-corrected chi connectivity index (χ3v) is 3.10. The lowest BCUT2D eigenvalue weighted by Crippen LogP contribution is -2.03. The van der Waals surface area contributed by atoms with Gasteiger partial charge in [0.05, 0.1) is 17.1 Å². The van der Waals surface area contributed by atoms with E-state index in [-0.39, 0.29) is 5.69 Å². The van der Waals surface area contributed by atoms with Crippen LogP contribution >= 0.6 is 11.6 Å². The van der Waals surface area contributed by atoms with E-state index >= 15 is 0 Å². The Morgan fingerprint density at radius 3 is 2.81 bits per heavy atom. The minimum absolute atomic E-state index is 0.0489. The Bertz CT molecular complexity index is 647. The predicted octanol–water partition coefficient (Wildman–Crippen LogP) is 4.26. The molecule has 0 radical (unpaired) electrons. The van der Waals surface area contributed by atoms with Crippen molar-refractivity contribution in [1.82, 2.24) is 0 Å². The number of nitrogens with one attached hydrogen (secondary N) is 1. The average molecular weight is 307 g/mol. The molecule has 0 aromatic heterocycles. The van der Waals surface area contributed by atoms with Crippen LogP contribution < -0.4 is 10.1 Å². The summed E-state index contributed by atoms with van der Waals surface area (Å²) < 4.78 is 5.41. The van der Waals surface area contributed by atoms with Crippen LogP contribution in [0.25, 0.3) is 0 Å². The fourth-order valence-corrected chi connectivity index (χ4v) is 2.13. The number of hydrogen-bond donors (Lipinski definition) is 1. The van der Waals surface area contributed by atoms with Crippen molar-refractivity contribution in [3.05, 3.63) is 63.2 Å². The third-order valence-electron chi connectivity index (χ3n) is 2.87. The van der Waals surface area contributed by atoms with Gasteiger partial charge in [-0.3, -0.25) is 10.1 Å². The highest BCUT2D eigenvalue weighted by Crippen LogP contribution is 2.24. The van der Waals surface area contributed by atoms with Gasteiger partial charge >= 0.3 is 0 Å². The number of halogens is 1. The molecule has 0 bridgehead atoms. The third kappa shape index (κ3) is 4.10. The minimum Gasteiger partial charge on any atom is -0.494 e. The van der Waals surface area contributed by atoms with E-state index in [9.17, 15) is 10.1 Å². The largest absolute Gasteiger partial charge is 0.494 e. The Kier molecular flexibility index (Phi) is 5.00. The van der Waals surface area contributed by atoms with Gasteiger partial charge in [0.25, 0.3) is 5.69 Å². The van der Waals surface area contributed by atoms with Crippen molar-refractivity contribution in [2.75, 3.05) is 11.9 Å². The number of benzene rings is 2. The first-order valence-corrected chi connectivity index (χ1v) is 6.87. The highest BCUT2D eigenvalue weighted by atomic mass is 35.5. The fraction of sp³-hybridized carbons (Fsp3) is 0.200. The Hall–Kier alpha value is -2.27. The second-order valence-electron chi connectivity index (χ2n) is 4.34. The summed E-state index contributed by atoms with van der Waals surface area (Å²) in [4.78, 5) is 10.6. The molecular formula is C15H15ClN2O3. The van der Waals surface area contributed by atoms with Gasteiger partial charge in [-0.15, -0.1) is 0 Å². The summed E-state index contributed by atoms with van der Waals surface area (Å²) in [6, 6.07) is 12.0. The first-order chi connectivity index (χ1) is 10.1. The number of rotatable bonds is 6. The molecule has 0 saturated heterocycles. The van der Waals surface area contributed by atoms with E-state index in [0.717, 1.165) is 11.4 Å². The SMILES string of the molecule is CCOc1cccc(NCc2cc(Cl)ccc2[N+](=O)[O-])c1.